The van der Waals surface area contributed by atoms with Crippen LogP contribution >= 0.6 is 0 Å². The first-order chi connectivity index (χ1) is 16.6. The van der Waals surface area contributed by atoms with Gasteiger partial charge in [0.1, 0.15) is 23.8 Å². The molecule has 3 aromatic rings. The molecule has 0 unspecified atom stereocenters. The summed E-state index contributed by atoms with van der Waals surface area (Å²) in [5.41, 5.74) is 2.92. The zero-order valence-corrected chi connectivity index (χ0v) is 20.1. The lowest BCUT2D eigenvalue weighted by Gasteiger charge is -2.36. The number of methoxy groups -OCH3 is 1. The van der Waals surface area contributed by atoms with Crippen molar-refractivity contribution in [2.24, 2.45) is 7.05 Å². The van der Waals surface area contributed by atoms with Crippen LogP contribution < -0.4 is 19.7 Å². The van der Waals surface area contributed by atoms with E-state index in [0.29, 0.717) is 18.8 Å². The van der Waals surface area contributed by atoms with Gasteiger partial charge >= 0.3 is 0 Å². The van der Waals surface area contributed by atoms with Gasteiger partial charge in [0.2, 0.25) is 0 Å². The van der Waals surface area contributed by atoms with Gasteiger partial charge in [-0.15, -0.1) is 0 Å². The second-order valence-corrected chi connectivity index (χ2v) is 8.55. The third kappa shape index (κ3) is 6.11. The number of carbonyl (C=O) groups excluding carboxylic acids is 1. The predicted molar refractivity (Wildman–Crippen MR) is 135 cm³/mol. The average Bonchev–Trinajstić information content (AvgIpc) is 3.32. The number of anilines is 1. The highest BCUT2D eigenvalue weighted by atomic mass is 16.5. The van der Waals surface area contributed by atoms with E-state index in [4.69, 9.17) is 9.47 Å². The van der Waals surface area contributed by atoms with Gasteiger partial charge in [-0.3, -0.25) is 9.69 Å². The Morgan fingerprint density at radius 3 is 2.59 bits per heavy atom. The van der Waals surface area contributed by atoms with Crippen molar-refractivity contribution in [1.82, 2.24) is 14.8 Å². The van der Waals surface area contributed by atoms with Crippen LogP contribution in [-0.2, 0) is 13.7 Å². The Labute approximate surface area is 201 Å². The van der Waals surface area contributed by atoms with Gasteiger partial charge in [-0.2, -0.15) is 0 Å². The first-order valence-electron chi connectivity index (χ1n) is 11.9. The maximum atomic E-state index is 12.2. The number of aryl methyl sites for hydroxylation is 1. The molecule has 1 N–H and O–H groups in total. The molecule has 0 radical (unpaired) electrons. The number of hydrogen-bond acceptors (Lipinski definition) is 5. The van der Waals surface area contributed by atoms with Crippen LogP contribution in [0, 0.1) is 0 Å². The Morgan fingerprint density at radius 2 is 1.82 bits per heavy atom. The molecule has 1 aliphatic rings. The third-order valence-electron chi connectivity index (χ3n) is 6.22. The maximum absolute atomic E-state index is 12.2. The number of nitrogens with one attached hydrogen (secondary N) is 1. The Kier molecular flexibility index (Phi) is 8.09. The smallest absolute Gasteiger partial charge is 0.267 e. The van der Waals surface area contributed by atoms with Crippen molar-refractivity contribution in [3.8, 4) is 11.5 Å². The van der Waals surface area contributed by atoms with E-state index >= 15 is 0 Å². The number of aromatic nitrogens is 1. The average molecular weight is 463 g/mol. The molecule has 7 nitrogen and oxygen atoms in total. The Balaban J connectivity index is 1.22. The van der Waals surface area contributed by atoms with E-state index in [2.05, 4.69) is 27.2 Å². The molecule has 1 fully saturated rings. The van der Waals surface area contributed by atoms with E-state index in [1.54, 1.807) is 7.11 Å². The Bertz CT molecular complexity index is 1070. The molecule has 0 atom stereocenters. The highest BCUT2D eigenvalue weighted by Crippen LogP contribution is 2.30. The van der Waals surface area contributed by atoms with Gasteiger partial charge in [0.25, 0.3) is 5.91 Å². The molecule has 1 aliphatic heterocycles. The zero-order chi connectivity index (χ0) is 23.8. The molecule has 1 aromatic heterocycles. The molecule has 0 spiro atoms. The quantitative estimate of drug-likeness (QED) is 0.467. The van der Waals surface area contributed by atoms with Crippen LogP contribution in [0.25, 0.3) is 0 Å². The summed E-state index contributed by atoms with van der Waals surface area (Å²) < 4.78 is 13.3. The summed E-state index contributed by atoms with van der Waals surface area (Å²) in [6.07, 6.45) is 2.83. The SMILES string of the molecule is COc1cccc(COc2ccccc2N2CCN(CCCNC(=O)c3cccn3C)CC2)c1. The fourth-order valence-corrected chi connectivity index (χ4v) is 4.27. The Hall–Kier alpha value is -3.45. The number of carbonyl (C=O) groups is 1. The molecule has 1 amide bonds. The summed E-state index contributed by atoms with van der Waals surface area (Å²) in [4.78, 5) is 17.1. The summed E-state index contributed by atoms with van der Waals surface area (Å²) in [5.74, 6) is 1.73. The van der Waals surface area contributed by atoms with Crippen LogP contribution in [0.15, 0.2) is 66.9 Å². The molecule has 34 heavy (non-hydrogen) atoms. The molecule has 2 heterocycles. The van der Waals surface area contributed by atoms with E-state index in [0.717, 1.165) is 61.9 Å². The normalized spacial score (nSPS) is 14.1. The number of benzene rings is 2. The summed E-state index contributed by atoms with van der Waals surface area (Å²) in [5, 5.41) is 3.02. The molecule has 7 heteroatoms. The topological polar surface area (TPSA) is 59.0 Å². The van der Waals surface area contributed by atoms with Gasteiger partial charge in [-0.05, 0) is 54.9 Å². The van der Waals surface area contributed by atoms with Crippen LogP contribution in [0.1, 0.15) is 22.5 Å². The van der Waals surface area contributed by atoms with Gasteiger partial charge in [0, 0.05) is 46.0 Å². The van der Waals surface area contributed by atoms with Gasteiger partial charge in [-0.25, -0.2) is 0 Å². The van der Waals surface area contributed by atoms with Gasteiger partial charge in [-0.1, -0.05) is 24.3 Å². The number of ether oxygens (including phenoxy) is 2. The van der Waals surface area contributed by atoms with Gasteiger partial charge in [0.15, 0.2) is 0 Å². The molecule has 180 valence electrons. The van der Waals surface area contributed by atoms with Crippen molar-refractivity contribution >= 4 is 11.6 Å². The second kappa shape index (κ2) is 11.6. The second-order valence-electron chi connectivity index (χ2n) is 8.55. The number of hydrogen-bond donors (Lipinski definition) is 1. The lowest BCUT2D eigenvalue weighted by molar-refractivity contribution is 0.0943. The molecule has 2 aromatic carbocycles. The standard InChI is InChI=1S/C27H34N4O3/c1-29-14-6-11-25(29)27(32)28-13-7-15-30-16-18-31(19-17-30)24-10-3-4-12-26(24)34-21-22-8-5-9-23(20-22)33-2/h3-6,8-12,14,20H,7,13,15-19,21H2,1-2H3,(H,28,32). The van der Waals surface area contributed by atoms with Gasteiger partial charge in [0.05, 0.1) is 12.8 Å². The van der Waals surface area contributed by atoms with E-state index < -0.39 is 0 Å². The highest BCUT2D eigenvalue weighted by molar-refractivity contribution is 5.92. The molecule has 4 rings (SSSR count). The summed E-state index contributed by atoms with van der Waals surface area (Å²) in [6, 6.07) is 20.0. The van der Waals surface area contributed by atoms with Crippen molar-refractivity contribution in [3.05, 3.63) is 78.1 Å². The van der Waals surface area contributed by atoms with Crippen molar-refractivity contribution in [2.45, 2.75) is 13.0 Å². The van der Waals surface area contributed by atoms with Crippen LogP contribution in [0.4, 0.5) is 5.69 Å². The number of rotatable bonds is 10. The van der Waals surface area contributed by atoms with Crippen LogP contribution in [-0.4, -0.2) is 61.8 Å². The number of piperazine rings is 1. The molecule has 1 saturated heterocycles. The van der Waals surface area contributed by atoms with Crippen LogP contribution in [0.2, 0.25) is 0 Å². The zero-order valence-electron chi connectivity index (χ0n) is 20.1. The van der Waals surface area contributed by atoms with E-state index in [1.165, 1.54) is 0 Å². The highest BCUT2D eigenvalue weighted by Gasteiger charge is 2.19. The van der Waals surface area contributed by atoms with Crippen molar-refractivity contribution < 1.29 is 14.3 Å². The maximum Gasteiger partial charge on any atom is 0.267 e. The van der Waals surface area contributed by atoms with Crippen LogP contribution in [0.3, 0.4) is 0 Å². The summed E-state index contributed by atoms with van der Waals surface area (Å²) in [6.45, 7) is 6.07. The molecular weight excluding hydrogens is 428 g/mol. The van der Waals surface area contributed by atoms with E-state index in [9.17, 15) is 4.79 Å². The monoisotopic (exact) mass is 462 g/mol. The molecule has 0 aliphatic carbocycles. The van der Waals surface area contributed by atoms with Crippen LogP contribution in [0.5, 0.6) is 11.5 Å². The summed E-state index contributed by atoms with van der Waals surface area (Å²) in [7, 11) is 3.56. The molecule has 0 saturated carbocycles. The first-order valence-corrected chi connectivity index (χ1v) is 11.9. The minimum absolute atomic E-state index is 0.0112. The molecular formula is C27H34N4O3. The number of amides is 1. The van der Waals surface area contributed by atoms with Crippen molar-refractivity contribution in [3.63, 3.8) is 0 Å². The first kappa shape index (κ1) is 23.7. The minimum Gasteiger partial charge on any atom is -0.497 e. The fraction of sp³-hybridized carbons (Fsp3) is 0.370. The minimum atomic E-state index is -0.0112. The predicted octanol–water partition coefficient (Wildman–Crippen LogP) is 3.55. The van der Waals surface area contributed by atoms with E-state index in [1.807, 2.05) is 66.3 Å². The summed E-state index contributed by atoms with van der Waals surface area (Å²) >= 11 is 0. The van der Waals surface area contributed by atoms with Crippen molar-refractivity contribution in [1.29, 1.82) is 0 Å². The fourth-order valence-electron chi connectivity index (χ4n) is 4.27. The van der Waals surface area contributed by atoms with Gasteiger partial charge < -0.3 is 24.3 Å². The molecule has 0 bridgehead atoms. The lowest BCUT2D eigenvalue weighted by atomic mass is 10.2. The lowest BCUT2D eigenvalue weighted by Crippen LogP contribution is -2.47. The largest absolute Gasteiger partial charge is 0.497 e. The third-order valence-corrected chi connectivity index (χ3v) is 6.22. The van der Waals surface area contributed by atoms with Crippen molar-refractivity contribution in [2.75, 3.05) is 51.3 Å². The Morgan fingerprint density at radius 1 is 1.00 bits per heavy atom. The van der Waals surface area contributed by atoms with E-state index in [-0.39, 0.29) is 5.91 Å². The number of para-hydroxylation sites is 2. The number of nitrogens with zero attached hydrogens (tertiary/aromatic N) is 3.